The summed E-state index contributed by atoms with van der Waals surface area (Å²) in [5.74, 6) is 1.55. The average Bonchev–Trinajstić information content (AvgIpc) is 3.27. The van der Waals surface area contributed by atoms with Gasteiger partial charge in [-0.2, -0.15) is 5.10 Å². The fraction of sp³-hybridized carbons (Fsp3) is 0.444. The van der Waals surface area contributed by atoms with Gasteiger partial charge in [0.05, 0.1) is 24.7 Å². The molecule has 132 valence electrons. The zero-order valence-electron chi connectivity index (χ0n) is 14.2. The molecule has 1 amide bonds. The first-order chi connectivity index (χ1) is 12.2. The van der Waals surface area contributed by atoms with E-state index in [-0.39, 0.29) is 18.7 Å². The zero-order valence-corrected chi connectivity index (χ0v) is 14.2. The van der Waals surface area contributed by atoms with E-state index in [4.69, 9.17) is 14.2 Å². The lowest BCUT2D eigenvalue weighted by molar-refractivity contribution is -0.132. The molecule has 0 saturated carbocycles. The third kappa shape index (κ3) is 3.19. The summed E-state index contributed by atoms with van der Waals surface area (Å²) < 4.78 is 17.9. The monoisotopic (exact) mass is 343 g/mol. The van der Waals surface area contributed by atoms with Crippen LogP contribution >= 0.6 is 0 Å². The van der Waals surface area contributed by atoms with Gasteiger partial charge in [-0.05, 0) is 30.2 Å². The van der Waals surface area contributed by atoms with E-state index in [1.165, 1.54) is 0 Å². The number of ether oxygens (including phenoxy) is 3. The maximum absolute atomic E-state index is 12.8. The van der Waals surface area contributed by atoms with E-state index in [0.29, 0.717) is 31.9 Å². The molecule has 0 spiro atoms. The van der Waals surface area contributed by atoms with Crippen molar-refractivity contribution in [3.05, 3.63) is 41.7 Å². The van der Waals surface area contributed by atoms with Crippen LogP contribution in [0.15, 0.2) is 30.5 Å². The first-order valence-corrected chi connectivity index (χ1v) is 8.42. The van der Waals surface area contributed by atoms with Crippen molar-refractivity contribution in [2.24, 2.45) is 0 Å². The van der Waals surface area contributed by atoms with Crippen molar-refractivity contribution in [1.29, 1.82) is 0 Å². The summed E-state index contributed by atoms with van der Waals surface area (Å²) in [5.41, 5.74) is 1.99. The number of hydrogen-bond donors (Lipinski definition) is 0. The lowest BCUT2D eigenvalue weighted by Gasteiger charge is -2.34. The number of nitrogens with zero attached hydrogens (tertiary/aromatic N) is 3. The van der Waals surface area contributed by atoms with Crippen molar-refractivity contribution < 1.29 is 19.0 Å². The van der Waals surface area contributed by atoms with Crippen LogP contribution in [0.2, 0.25) is 0 Å². The van der Waals surface area contributed by atoms with Gasteiger partial charge >= 0.3 is 0 Å². The Kier molecular flexibility index (Phi) is 4.31. The molecule has 25 heavy (non-hydrogen) atoms. The van der Waals surface area contributed by atoms with Gasteiger partial charge in [0.15, 0.2) is 11.5 Å². The molecule has 1 aromatic heterocycles. The Balaban J connectivity index is 1.47. The summed E-state index contributed by atoms with van der Waals surface area (Å²) in [6.45, 7) is 2.13. The third-order valence-corrected chi connectivity index (χ3v) is 4.68. The highest BCUT2D eigenvalue weighted by Crippen LogP contribution is 2.33. The number of carbonyl (C=O) groups is 1. The van der Waals surface area contributed by atoms with Crippen molar-refractivity contribution in [3.8, 4) is 11.5 Å². The largest absolute Gasteiger partial charge is 0.454 e. The molecule has 0 N–H and O–H groups in total. The molecule has 2 aliphatic heterocycles. The van der Waals surface area contributed by atoms with Crippen molar-refractivity contribution >= 4 is 5.91 Å². The Labute approximate surface area is 146 Å². The van der Waals surface area contributed by atoms with E-state index in [1.54, 1.807) is 13.3 Å². The SMILES string of the molecule is COCC[C@@H]1CN(C(=O)Cc2ccc3c(c2)OCO3)Cc2ccnn21. The van der Waals surface area contributed by atoms with E-state index in [0.717, 1.165) is 23.4 Å². The van der Waals surface area contributed by atoms with E-state index in [9.17, 15) is 4.79 Å². The maximum atomic E-state index is 12.8. The van der Waals surface area contributed by atoms with Crippen molar-refractivity contribution in [1.82, 2.24) is 14.7 Å². The summed E-state index contributed by atoms with van der Waals surface area (Å²) in [5, 5.41) is 4.40. The molecule has 1 atom stereocenters. The second-order valence-electron chi connectivity index (χ2n) is 6.34. The van der Waals surface area contributed by atoms with E-state index in [2.05, 4.69) is 5.10 Å². The van der Waals surface area contributed by atoms with E-state index >= 15 is 0 Å². The van der Waals surface area contributed by atoms with Crippen molar-refractivity contribution in [3.63, 3.8) is 0 Å². The van der Waals surface area contributed by atoms with Crippen molar-refractivity contribution in [2.75, 3.05) is 27.1 Å². The first kappa shape index (κ1) is 16.0. The standard InChI is InChI=1S/C18H21N3O4/c1-23-7-5-15-11-20(10-14-4-6-19-21(14)15)18(22)9-13-2-3-16-17(8-13)25-12-24-16/h2-4,6,8,15H,5,7,9-12H2,1H3/t15-/m1/s1. The fourth-order valence-corrected chi connectivity index (χ4v) is 3.38. The molecular formula is C18H21N3O4. The van der Waals surface area contributed by atoms with Crippen LogP contribution in [0.3, 0.4) is 0 Å². The number of hydrogen-bond acceptors (Lipinski definition) is 5. The predicted molar refractivity (Wildman–Crippen MR) is 89.4 cm³/mol. The van der Waals surface area contributed by atoms with Crippen LogP contribution in [0.4, 0.5) is 0 Å². The molecule has 4 rings (SSSR count). The minimum absolute atomic E-state index is 0.105. The molecule has 0 aliphatic carbocycles. The minimum Gasteiger partial charge on any atom is -0.454 e. The van der Waals surface area contributed by atoms with Crippen LogP contribution in [0.1, 0.15) is 23.7 Å². The molecule has 0 radical (unpaired) electrons. The van der Waals surface area contributed by atoms with Crippen LogP contribution < -0.4 is 9.47 Å². The van der Waals surface area contributed by atoms with Crippen LogP contribution in [-0.4, -0.2) is 47.6 Å². The van der Waals surface area contributed by atoms with Crippen LogP contribution in [0, 0.1) is 0 Å². The lowest BCUT2D eigenvalue weighted by Crippen LogP contribution is -2.42. The smallest absolute Gasteiger partial charge is 0.231 e. The topological polar surface area (TPSA) is 65.8 Å². The molecule has 0 fully saturated rings. The summed E-state index contributed by atoms with van der Waals surface area (Å²) in [4.78, 5) is 14.7. The maximum Gasteiger partial charge on any atom is 0.231 e. The second kappa shape index (κ2) is 6.76. The second-order valence-corrected chi connectivity index (χ2v) is 6.34. The van der Waals surface area contributed by atoms with Gasteiger partial charge in [-0.25, -0.2) is 0 Å². The number of fused-ring (bicyclic) bond motifs is 2. The molecule has 7 nitrogen and oxygen atoms in total. The van der Waals surface area contributed by atoms with Gasteiger partial charge in [0.1, 0.15) is 0 Å². The van der Waals surface area contributed by atoms with Gasteiger partial charge in [0, 0.05) is 26.5 Å². The molecular weight excluding hydrogens is 322 g/mol. The van der Waals surface area contributed by atoms with Gasteiger partial charge in [-0.15, -0.1) is 0 Å². The molecule has 1 aromatic carbocycles. The molecule has 2 aromatic rings. The molecule has 2 aliphatic rings. The van der Waals surface area contributed by atoms with Crippen molar-refractivity contribution in [2.45, 2.75) is 25.4 Å². The van der Waals surface area contributed by atoms with E-state index < -0.39 is 0 Å². The van der Waals surface area contributed by atoms with Crippen LogP contribution in [-0.2, 0) is 22.5 Å². The van der Waals surface area contributed by atoms with Crippen LogP contribution in [0.5, 0.6) is 11.5 Å². The molecule has 7 heteroatoms. The Morgan fingerprint density at radius 1 is 1.32 bits per heavy atom. The zero-order chi connectivity index (χ0) is 17.2. The first-order valence-electron chi connectivity index (χ1n) is 8.42. The number of rotatable bonds is 5. The number of aromatic nitrogens is 2. The normalized spacial score (nSPS) is 18.3. The fourth-order valence-electron chi connectivity index (χ4n) is 3.38. The Morgan fingerprint density at radius 2 is 2.20 bits per heavy atom. The highest BCUT2D eigenvalue weighted by Gasteiger charge is 2.28. The lowest BCUT2D eigenvalue weighted by atomic mass is 10.1. The molecule has 0 saturated heterocycles. The summed E-state index contributed by atoms with van der Waals surface area (Å²) in [6.07, 6.45) is 2.97. The third-order valence-electron chi connectivity index (χ3n) is 4.68. The Morgan fingerprint density at radius 3 is 3.08 bits per heavy atom. The summed E-state index contributed by atoms with van der Waals surface area (Å²) >= 11 is 0. The number of methoxy groups -OCH3 is 1. The molecule has 0 bridgehead atoms. The van der Waals surface area contributed by atoms with Gasteiger partial charge in [0.2, 0.25) is 12.7 Å². The van der Waals surface area contributed by atoms with E-state index in [1.807, 2.05) is 33.8 Å². The van der Waals surface area contributed by atoms with Gasteiger partial charge in [-0.3, -0.25) is 9.48 Å². The van der Waals surface area contributed by atoms with Gasteiger partial charge < -0.3 is 19.1 Å². The molecule has 0 unspecified atom stereocenters. The predicted octanol–water partition coefficient (Wildman–Crippen LogP) is 1.77. The quantitative estimate of drug-likeness (QED) is 0.828. The average molecular weight is 343 g/mol. The van der Waals surface area contributed by atoms with Gasteiger partial charge in [-0.1, -0.05) is 6.07 Å². The summed E-state index contributed by atoms with van der Waals surface area (Å²) in [7, 11) is 1.69. The number of carbonyl (C=O) groups excluding carboxylic acids is 1. The summed E-state index contributed by atoms with van der Waals surface area (Å²) in [6, 6.07) is 7.79. The van der Waals surface area contributed by atoms with Gasteiger partial charge in [0.25, 0.3) is 0 Å². The Hall–Kier alpha value is -2.54. The Bertz CT molecular complexity index is 773. The highest BCUT2D eigenvalue weighted by atomic mass is 16.7. The highest BCUT2D eigenvalue weighted by molar-refractivity contribution is 5.79. The minimum atomic E-state index is 0.105. The number of benzene rings is 1. The number of amides is 1. The van der Waals surface area contributed by atoms with Crippen LogP contribution in [0.25, 0.3) is 0 Å². The molecule has 3 heterocycles.